The van der Waals surface area contributed by atoms with Crippen molar-refractivity contribution in [1.82, 2.24) is 14.8 Å². The summed E-state index contributed by atoms with van der Waals surface area (Å²) in [7, 11) is 0. The van der Waals surface area contributed by atoms with Gasteiger partial charge in [0.1, 0.15) is 5.75 Å². The molecule has 0 aliphatic carbocycles. The second-order valence-electron chi connectivity index (χ2n) is 6.20. The van der Waals surface area contributed by atoms with E-state index in [-0.39, 0.29) is 12.3 Å². The fourth-order valence-electron chi connectivity index (χ4n) is 2.49. The number of aromatic nitrogens is 3. The lowest BCUT2D eigenvalue weighted by Gasteiger charge is -2.11. The van der Waals surface area contributed by atoms with Crippen LogP contribution in [0.1, 0.15) is 31.7 Å². The number of ether oxygens (including phenoxy) is 1. The van der Waals surface area contributed by atoms with Gasteiger partial charge in [-0.15, -0.1) is 0 Å². The molecule has 134 valence electrons. The van der Waals surface area contributed by atoms with Gasteiger partial charge < -0.3 is 10.1 Å². The maximum atomic E-state index is 12.2. The second-order valence-corrected chi connectivity index (χ2v) is 6.20. The highest BCUT2D eigenvalue weighted by Crippen LogP contribution is 2.19. The molecule has 0 aliphatic heterocycles. The van der Waals surface area contributed by atoms with Gasteiger partial charge in [0, 0.05) is 18.6 Å². The van der Waals surface area contributed by atoms with Crippen LogP contribution in [0, 0.1) is 0 Å². The highest BCUT2D eigenvalue weighted by molar-refractivity contribution is 5.92. The third-order valence-corrected chi connectivity index (χ3v) is 3.93. The van der Waals surface area contributed by atoms with Gasteiger partial charge in [0.15, 0.2) is 5.82 Å². The van der Waals surface area contributed by atoms with Gasteiger partial charge in [-0.1, -0.05) is 26.0 Å². The number of anilines is 1. The third kappa shape index (κ3) is 4.47. The van der Waals surface area contributed by atoms with Crippen LogP contribution in [-0.2, 0) is 4.79 Å². The number of rotatable bonds is 7. The lowest BCUT2D eigenvalue weighted by molar-refractivity contribution is -0.116. The first-order valence-corrected chi connectivity index (χ1v) is 8.61. The lowest BCUT2D eigenvalue weighted by Crippen LogP contribution is -2.17. The average molecular weight is 350 g/mol. The Bertz CT molecular complexity index is 843. The summed E-state index contributed by atoms with van der Waals surface area (Å²) in [6.45, 7) is 4.61. The number of amides is 1. The van der Waals surface area contributed by atoms with E-state index >= 15 is 0 Å². The molecule has 6 heteroatoms. The van der Waals surface area contributed by atoms with Crippen molar-refractivity contribution in [3.63, 3.8) is 0 Å². The molecule has 3 aromatic rings. The van der Waals surface area contributed by atoms with Crippen molar-refractivity contribution >= 4 is 11.6 Å². The molecule has 6 nitrogen and oxygen atoms in total. The number of nitrogens with zero attached hydrogens (tertiary/aromatic N) is 3. The van der Waals surface area contributed by atoms with E-state index in [0.717, 1.165) is 5.75 Å². The average Bonchev–Trinajstić information content (AvgIpc) is 3.17. The summed E-state index contributed by atoms with van der Waals surface area (Å²) < 4.78 is 7.27. The molecule has 2 heterocycles. The highest BCUT2D eigenvalue weighted by atomic mass is 16.5. The highest BCUT2D eigenvalue weighted by Gasteiger charge is 2.10. The van der Waals surface area contributed by atoms with Crippen LogP contribution in [0.4, 0.5) is 5.69 Å². The van der Waals surface area contributed by atoms with Gasteiger partial charge in [-0.05, 0) is 41.8 Å². The van der Waals surface area contributed by atoms with Gasteiger partial charge >= 0.3 is 0 Å². The van der Waals surface area contributed by atoms with Gasteiger partial charge in [-0.25, -0.2) is 9.67 Å². The van der Waals surface area contributed by atoms with E-state index in [1.165, 1.54) is 5.56 Å². The van der Waals surface area contributed by atoms with E-state index in [2.05, 4.69) is 29.2 Å². The van der Waals surface area contributed by atoms with Gasteiger partial charge in [-0.2, -0.15) is 5.10 Å². The normalized spacial score (nSPS) is 10.7. The molecule has 0 saturated carbocycles. The quantitative estimate of drug-likeness (QED) is 0.704. The molecule has 0 radical (unpaired) electrons. The molecule has 26 heavy (non-hydrogen) atoms. The molecule has 0 bridgehead atoms. The standard InChI is InChI=1S/C20H22N4O2/c1-15(2)16-6-8-17(9-7-16)26-14-10-19(25)23-18-5-3-11-21-20(18)24-13-4-12-22-24/h3-9,11-13,15H,10,14H2,1-2H3,(H,23,25). The fourth-order valence-corrected chi connectivity index (χ4v) is 2.49. The summed E-state index contributed by atoms with van der Waals surface area (Å²) in [5.74, 6) is 1.69. The Kier molecular flexibility index (Phi) is 5.63. The predicted octanol–water partition coefficient (Wildman–Crippen LogP) is 3.80. The summed E-state index contributed by atoms with van der Waals surface area (Å²) in [5.41, 5.74) is 1.88. The number of carbonyl (C=O) groups is 1. The Labute approximate surface area is 152 Å². The minimum atomic E-state index is -0.134. The minimum Gasteiger partial charge on any atom is -0.493 e. The lowest BCUT2D eigenvalue weighted by atomic mass is 10.0. The molecular formula is C20H22N4O2. The van der Waals surface area contributed by atoms with Crippen LogP contribution in [0.2, 0.25) is 0 Å². The zero-order valence-corrected chi connectivity index (χ0v) is 14.9. The first kappa shape index (κ1) is 17.7. The van der Waals surface area contributed by atoms with Crippen LogP contribution < -0.4 is 10.1 Å². The molecule has 1 aromatic carbocycles. The molecule has 0 spiro atoms. The number of benzene rings is 1. The molecule has 0 atom stereocenters. The van der Waals surface area contributed by atoms with E-state index < -0.39 is 0 Å². The fraction of sp³-hybridized carbons (Fsp3) is 0.250. The summed E-state index contributed by atoms with van der Waals surface area (Å²) >= 11 is 0. The van der Waals surface area contributed by atoms with Gasteiger partial charge in [0.2, 0.25) is 5.91 Å². The van der Waals surface area contributed by atoms with Crippen molar-refractivity contribution < 1.29 is 9.53 Å². The second kappa shape index (κ2) is 8.29. The molecule has 0 fully saturated rings. The van der Waals surface area contributed by atoms with Crippen LogP contribution in [0.15, 0.2) is 61.1 Å². The Hall–Kier alpha value is -3.15. The van der Waals surface area contributed by atoms with Gasteiger partial charge in [-0.3, -0.25) is 4.79 Å². The van der Waals surface area contributed by atoms with E-state index in [0.29, 0.717) is 24.0 Å². The topological polar surface area (TPSA) is 69.0 Å². The van der Waals surface area contributed by atoms with E-state index in [9.17, 15) is 4.79 Å². The molecule has 0 saturated heterocycles. The first-order chi connectivity index (χ1) is 12.6. The predicted molar refractivity (Wildman–Crippen MR) is 101 cm³/mol. The maximum absolute atomic E-state index is 12.2. The third-order valence-electron chi connectivity index (χ3n) is 3.93. The number of hydrogen-bond donors (Lipinski definition) is 1. The van der Waals surface area contributed by atoms with Crippen molar-refractivity contribution in [1.29, 1.82) is 0 Å². The van der Waals surface area contributed by atoms with Crippen molar-refractivity contribution in [3.05, 3.63) is 66.6 Å². The molecule has 1 amide bonds. The van der Waals surface area contributed by atoms with E-state index in [4.69, 9.17) is 4.74 Å². The molecule has 3 rings (SSSR count). The first-order valence-electron chi connectivity index (χ1n) is 8.61. The largest absolute Gasteiger partial charge is 0.493 e. The van der Waals surface area contributed by atoms with Crippen LogP contribution in [0.5, 0.6) is 5.75 Å². The molecule has 0 unspecified atom stereocenters. The Morgan fingerprint density at radius 2 is 1.96 bits per heavy atom. The summed E-state index contributed by atoms with van der Waals surface area (Å²) in [4.78, 5) is 16.5. The van der Waals surface area contributed by atoms with Crippen molar-refractivity contribution in [2.45, 2.75) is 26.2 Å². The molecule has 0 aliphatic rings. The van der Waals surface area contributed by atoms with Crippen LogP contribution >= 0.6 is 0 Å². The summed E-state index contributed by atoms with van der Waals surface area (Å²) in [5, 5.41) is 7.02. The maximum Gasteiger partial charge on any atom is 0.227 e. The summed E-state index contributed by atoms with van der Waals surface area (Å²) in [6, 6.07) is 13.3. The Morgan fingerprint density at radius 1 is 1.15 bits per heavy atom. The van der Waals surface area contributed by atoms with Crippen molar-refractivity contribution in [2.24, 2.45) is 0 Å². The number of pyridine rings is 1. The van der Waals surface area contributed by atoms with Crippen LogP contribution in [0.25, 0.3) is 5.82 Å². The monoisotopic (exact) mass is 350 g/mol. The smallest absolute Gasteiger partial charge is 0.227 e. The van der Waals surface area contributed by atoms with E-state index in [1.54, 1.807) is 41.5 Å². The molecular weight excluding hydrogens is 328 g/mol. The van der Waals surface area contributed by atoms with Gasteiger partial charge in [0.05, 0.1) is 18.7 Å². The van der Waals surface area contributed by atoms with Crippen molar-refractivity contribution in [2.75, 3.05) is 11.9 Å². The van der Waals surface area contributed by atoms with Crippen LogP contribution in [0.3, 0.4) is 0 Å². The van der Waals surface area contributed by atoms with Crippen LogP contribution in [-0.4, -0.2) is 27.3 Å². The minimum absolute atomic E-state index is 0.134. The molecule has 1 N–H and O–H groups in total. The molecule has 2 aromatic heterocycles. The number of hydrogen-bond acceptors (Lipinski definition) is 4. The zero-order valence-electron chi connectivity index (χ0n) is 14.9. The number of nitrogens with one attached hydrogen (secondary N) is 1. The Balaban J connectivity index is 1.54. The van der Waals surface area contributed by atoms with Gasteiger partial charge in [0.25, 0.3) is 0 Å². The zero-order chi connectivity index (χ0) is 18.4. The number of carbonyl (C=O) groups excluding carboxylic acids is 1. The van der Waals surface area contributed by atoms with E-state index in [1.807, 2.05) is 24.3 Å². The SMILES string of the molecule is CC(C)c1ccc(OCCC(=O)Nc2cccnc2-n2cccn2)cc1. The summed E-state index contributed by atoms with van der Waals surface area (Å²) in [6.07, 6.45) is 5.36. The van der Waals surface area contributed by atoms with Crippen molar-refractivity contribution in [3.8, 4) is 11.6 Å². The Morgan fingerprint density at radius 3 is 2.65 bits per heavy atom.